The van der Waals surface area contributed by atoms with Crippen LogP contribution in [0.5, 0.6) is 0 Å². The molecule has 7 heteroatoms. The van der Waals surface area contributed by atoms with Crippen molar-refractivity contribution in [3.63, 3.8) is 0 Å². The van der Waals surface area contributed by atoms with Gasteiger partial charge < -0.3 is 0 Å². The molecule has 0 fully saturated rings. The third kappa shape index (κ3) is 2.65. The van der Waals surface area contributed by atoms with Gasteiger partial charge in [0.05, 0.1) is 16.5 Å². The zero-order valence-electron chi connectivity index (χ0n) is 7.54. The van der Waals surface area contributed by atoms with E-state index in [-0.39, 0.29) is 6.07 Å². The molecule has 0 saturated carbocycles. The molecule has 0 aliphatic carbocycles. The van der Waals surface area contributed by atoms with Crippen molar-refractivity contribution < 1.29 is 22.4 Å². The molecule has 16 heavy (non-hydrogen) atoms. The molecule has 0 atom stereocenters. The van der Waals surface area contributed by atoms with Crippen molar-refractivity contribution in [1.82, 2.24) is 0 Å². The van der Waals surface area contributed by atoms with E-state index in [0.717, 1.165) is 0 Å². The van der Waals surface area contributed by atoms with E-state index in [4.69, 9.17) is 23.2 Å². The van der Waals surface area contributed by atoms with E-state index in [0.29, 0.717) is 6.07 Å². The lowest BCUT2D eigenvalue weighted by Crippen LogP contribution is -2.10. The lowest BCUT2D eigenvalue weighted by atomic mass is 10.1. The van der Waals surface area contributed by atoms with Crippen molar-refractivity contribution >= 4 is 29.0 Å². The van der Waals surface area contributed by atoms with Crippen LogP contribution in [-0.2, 0) is 6.18 Å². The lowest BCUT2D eigenvalue weighted by molar-refractivity contribution is -0.137. The monoisotopic (exact) mass is 274 g/mol. The fourth-order valence-electron chi connectivity index (χ4n) is 1.03. The Hall–Kier alpha value is -0.810. The Morgan fingerprint density at radius 1 is 1.31 bits per heavy atom. The van der Waals surface area contributed by atoms with Gasteiger partial charge in [-0.2, -0.15) is 13.2 Å². The van der Waals surface area contributed by atoms with Crippen molar-refractivity contribution in [2.45, 2.75) is 6.18 Å². The van der Waals surface area contributed by atoms with Crippen molar-refractivity contribution in [2.75, 3.05) is 5.88 Å². The van der Waals surface area contributed by atoms with Gasteiger partial charge in [0.25, 0.3) is 0 Å². The molecule has 1 aromatic rings. The summed E-state index contributed by atoms with van der Waals surface area (Å²) in [6.07, 6.45) is -4.74. The summed E-state index contributed by atoms with van der Waals surface area (Å²) in [7, 11) is 0. The van der Waals surface area contributed by atoms with Crippen LogP contribution in [0.25, 0.3) is 0 Å². The van der Waals surface area contributed by atoms with Gasteiger partial charge >= 0.3 is 6.18 Å². The van der Waals surface area contributed by atoms with E-state index in [9.17, 15) is 22.4 Å². The highest BCUT2D eigenvalue weighted by Crippen LogP contribution is 2.33. The molecule has 0 aliphatic rings. The van der Waals surface area contributed by atoms with Gasteiger partial charge in [-0.15, -0.1) is 11.6 Å². The first-order valence-electron chi connectivity index (χ1n) is 3.92. The second-order valence-corrected chi connectivity index (χ2v) is 3.52. The number of benzene rings is 1. The molecule has 1 aromatic carbocycles. The minimum atomic E-state index is -4.74. The average Bonchev–Trinajstić information content (AvgIpc) is 2.19. The van der Waals surface area contributed by atoms with Gasteiger partial charge in [-0.3, -0.25) is 4.79 Å². The van der Waals surface area contributed by atoms with E-state index in [1.807, 2.05) is 0 Å². The summed E-state index contributed by atoms with van der Waals surface area (Å²) in [5, 5.41) is -0.654. The zero-order valence-corrected chi connectivity index (χ0v) is 9.05. The van der Waals surface area contributed by atoms with Crippen molar-refractivity contribution in [3.05, 3.63) is 34.1 Å². The van der Waals surface area contributed by atoms with Crippen LogP contribution in [0.4, 0.5) is 17.6 Å². The number of halogens is 6. The SMILES string of the molecule is O=C(CCl)c1cc(C(F)(F)F)cc(F)c1Cl. The zero-order chi connectivity index (χ0) is 12.5. The normalized spacial score (nSPS) is 11.6. The Labute approximate surface area is 98.0 Å². The lowest BCUT2D eigenvalue weighted by Gasteiger charge is -2.10. The van der Waals surface area contributed by atoms with Crippen LogP contribution in [0.2, 0.25) is 5.02 Å². The highest BCUT2D eigenvalue weighted by atomic mass is 35.5. The standard InChI is InChI=1S/C9H4Cl2F4O/c10-3-7(16)5-1-4(9(13,14)15)2-6(12)8(5)11/h1-2H,3H2. The molecule has 1 rings (SSSR count). The molecule has 88 valence electrons. The fourth-order valence-corrected chi connectivity index (χ4v) is 1.39. The van der Waals surface area contributed by atoms with Crippen LogP contribution in [0.15, 0.2) is 12.1 Å². The second kappa shape index (κ2) is 4.59. The number of alkyl halides is 4. The molecule has 0 amide bonds. The predicted molar refractivity (Wildman–Crippen MR) is 51.5 cm³/mol. The van der Waals surface area contributed by atoms with Gasteiger partial charge in [-0.05, 0) is 12.1 Å². The topological polar surface area (TPSA) is 17.1 Å². The molecule has 1 nitrogen and oxygen atoms in total. The Kier molecular flexibility index (Phi) is 3.80. The number of ketones is 1. The summed E-state index contributed by atoms with van der Waals surface area (Å²) in [5.41, 5.74) is -1.84. The van der Waals surface area contributed by atoms with Gasteiger partial charge in [0, 0.05) is 5.56 Å². The van der Waals surface area contributed by atoms with Gasteiger partial charge in [0.1, 0.15) is 5.82 Å². The molecule has 0 radical (unpaired) electrons. The number of carbonyl (C=O) groups is 1. The molecule has 0 heterocycles. The molecule has 0 saturated heterocycles. The predicted octanol–water partition coefficient (Wildman–Crippen LogP) is 3.92. The van der Waals surface area contributed by atoms with Gasteiger partial charge in [0.2, 0.25) is 0 Å². The Balaban J connectivity index is 3.39. The molecule has 0 bridgehead atoms. The minimum Gasteiger partial charge on any atom is -0.293 e. The van der Waals surface area contributed by atoms with Crippen LogP contribution in [0.3, 0.4) is 0 Å². The van der Waals surface area contributed by atoms with Gasteiger partial charge in [0.15, 0.2) is 5.78 Å². The molecular weight excluding hydrogens is 271 g/mol. The maximum Gasteiger partial charge on any atom is 0.416 e. The van der Waals surface area contributed by atoms with E-state index in [2.05, 4.69) is 0 Å². The average molecular weight is 275 g/mol. The first-order chi connectivity index (χ1) is 7.27. The van der Waals surface area contributed by atoms with E-state index in [1.165, 1.54) is 0 Å². The smallest absolute Gasteiger partial charge is 0.293 e. The fraction of sp³-hybridized carbons (Fsp3) is 0.222. The van der Waals surface area contributed by atoms with Crippen LogP contribution >= 0.6 is 23.2 Å². The van der Waals surface area contributed by atoms with E-state index >= 15 is 0 Å². The molecule has 0 unspecified atom stereocenters. The number of Topliss-reactive ketones (excluding diaryl/α,β-unsaturated/α-hetero) is 1. The summed E-state index contributed by atoms with van der Waals surface area (Å²) in [6.45, 7) is 0. The summed E-state index contributed by atoms with van der Waals surface area (Å²) in [4.78, 5) is 11.1. The maximum atomic E-state index is 13.0. The minimum absolute atomic E-state index is 0.230. The molecule has 0 aliphatic heterocycles. The quantitative estimate of drug-likeness (QED) is 0.454. The molecule has 0 N–H and O–H groups in total. The largest absolute Gasteiger partial charge is 0.416 e. The van der Waals surface area contributed by atoms with Crippen molar-refractivity contribution in [1.29, 1.82) is 0 Å². The molecular formula is C9H4Cl2F4O. The van der Waals surface area contributed by atoms with Crippen LogP contribution in [-0.4, -0.2) is 11.7 Å². The number of rotatable bonds is 2. The highest BCUT2D eigenvalue weighted by molar-refractivity contribution is 6.37. The van der Waals surface area contributed by atoms with Crippen LogP contribution in [0, 0.1) is 5.82 Å². The molecule has 0 aromatic heterocycles. The van der Waals surface area contributed by atoms with E-state index < -0.39 is 39.8 Å². The van der Waals surface area contributed by atoms with Crippen molar-refractivity contribution in [2.24, 2.45) is 0 Å². The third-order valence-corrected chi connectivity index (χ3v) is 2.40. The van der Waals surface area contributed by atoms with E-state index in [1.54, 1.807) is 0 Å². The number of hydrogen-bond acceptors (Lipinski definition) is 1. The Bertz CT molecular complexity index is 428. The summed E-state index contributed by atoms with van der Waals surface area (Å²) < 4.78 is 49.9. The van der Waals surface area contributed by atoms with Gasteiger partial charge in [-0.25, -0.2) is 4.39 Å². The number of carbonyl (C=O) groups excluding carboxylic acids is 1. The summed E-state index contributed by atoms with van der Waals surface area (Å²) >= 11 is 10.5. The first kappa shape index (κ1) is 13.3. The second-order valence-electron chi connectivity index (χ2n) is 2.87. The van der Waals surface area contributed by atoms with Crippen LogP contribution < -0.4 is 0 Å². The first-order valence-corrected chi connectivity index (χ1v) is 4.84. The van der Waals surface area contributed by atoms with Gasteiger partial charge in [-0.1, -0.05) is 11.6 Å². The number of hydrogen-bond donors (Lipinski definition) is 0. The van der Waals surface area contributed by atoms with Crippen LogP contribution in [0.1, 0.15) is 15.9 Å². The third-order valence-electron chi connectivity index (χ3n) is 1.78. The molecule has 0 spiro atoms. The highest BCUT2D eigenvalue weighted by Gasteiger charge is 2.33. The Morgan fingerprint density at radius 3 is 2.31 bits per heavy atom. The Morgan fingerprint density at radius 2 is 1.88 bits per heavy atom. The summed E-state index contributed by atoms with van der Waals surface area (Å²) in [6, 6.07) is 0.712. The van der Waals surface area contributed by atoms with Crippen molar-refractivity contribution in [3.8, 4) is 0 Å². The maximum absolute atomic E-state index is 13.0. The summed E-state index contributed by atoms with van der Waals surface area (Å²) in [5.74, 6) is -2.73.